The molecule has 0 aromatic heterocycles. The minimum atomic E-state index is 0.751. The van der Waals surface area contributed by atoms with E-state index in [0.717, 1.165) is 12.1 Å². The molecule has 1 fully saturated rings. The van der Waals surface area contributed by atoms with Crippen molar-refractivity contribution in [1.29, 1.82) is 5.26 Å². The maximum Gasteiger partial charge on any atom is 0.127 e. The van der Waals surface area contributed by atoms with Crippen LogP contribution in [0.2, 0.25) is 0 Å². The fourth-order valence-corrected chi connectivity index (χ4v) is 2.19. The second-order valence-electron chi connectivity index (χ2n) is 4.69. The van der Waals surface area contributed by atoms with Crippen LogP contribution in [-0.2, 0) is 6.54 Å². The van der Waals surface area contributed by atoms with Crippen molar-refractivity contribution < 1.29 is 9.80 Å². The molecule has 3 heteroatoms. The Kier molecular flexibility index (Phi) is 3.55. The second kappa shape index (κ2) is 5.11. The molecule has 1 aromatic carbocycles. The number of piperazine rings is 1. The van der Waals surface area contributed by atoms with E-state index in [2.05, 4.69) is 25.2 Å². The Bertz CT molecular complexity index is 369. The van der Waals surface area contributed by atoms with Crippen LogP contribution in [0.4, 0.5) is 0 Å². The predicted octanol–water partition coefficient (Wildman–Crippen LogP) is -1.53. The molecule has 1 aliphatic rings. The van der Waals surface area contributed by atoms with Crippen LogP contribution in [-0.4, -0.2) is 33.2 Å². The molecule has 84 valence electrons. The summed E-state index contributed by atoms with van der Waals surface area (Å²) in [4.78, 5) is 3.30. The maximum absolute atomic E-state index is 8.72. The van der Waals surface area contributed by atoms with Crippen LogP contribution < -0.4 is 9.80 Å². The third kappa shape index (κ3) is 2.82. The van der Waals surface area contributed by atoms with Crippen molar-refractivity contribution >= 4 is 0 Å². The molecule has 0 saturated carbocycles. The van der Waals surface area contributed by atoms with Gasteiger partial charge in [-0.2, -0.15) is 5.26 Å². The molecule has 2 N–H and O–H groups in total. The Morgan fingerprint density at radius 2 is 1.75 bits per heavy atom. The van der Waals surface area contributed by atoms with E-state index >= 15 is 0 Å². The predicted molar refractivity (Wildman–Crippen MR) is 62.2 cm³/mol. The molecule has 0 spiro atoms. The van der Waals surface area contributed by atoms with Crippen LogP contribution in [0.25, 0.3) is 0 Å². The monoisotopic (exact) mass is 217 g/mol. The fourth-order valence-electron chi connectivity index (χ4n) is 2.19. The van der Waals surface area contributed by atoms with E-state index in [0.29, 0.717) is 0 Å². The lowest BCUT2D eigenvalue weighted by atomic mass is 10.1. The lowest BCUT2D eigenvalue weighted by molar-refractivity contribution is -1.01. The van der Waals surface area contributed by atoms with E-state index in [1.54, 1.807) is 9.80 Å². The number of rotatable bonds is 2. The van der Waals surface area contributed by atoms with Crippen LogP contribution in [0.5, 0.6) is 0 Å². The standard InChI is InChI=1S/C13H17N3/c1-15-6-8-16(9-7-15)11-13-4-2-12(10-14)3-5-13/h2-5H,6-9,11H2,1H3/p+2. The Morgan fingerprint density at radius 3 is 2.31 bits per heavy atom. The minimum Gasteiger partial charge on any atom is -0.328 e. The lowest BCUT2D eigenvalue weighted by Gasteiger charge is -2.27. The molecule has 0 bridgehead atoms. The number of likely N-dealkylation sites (N-methyl/N-ethyl adjacent to an activating group) is 1. The third-order valence-corrected chi connectivity index (χ3v) is 3.35. The summed E-state index contributed by atoms with van der Waals surface area (Å²) in [6, 6.07) is 10.1. The number of nitrogens with zero attached hydrogens (tertiary/aromatic N) is 1. The van der Waals surface area contributed by atoms with E-state index in [1.807, 2.05) is 12.1 Å². The van der Waals surface area contributed by atoms with Crippen LogP contribution in [0, 0.1) is 11.3 Å². The van der Waals surface area contributed by atoms with Gasteiger partial charge in [-0.15, -0.1) is 0 Å². The van der Waals surface area contributed by atoms with Gasteiger partial charge in [-0.25, -0.2) is 0 Å². The zero-order chi connectivity index (χ0) is 11.4. The number of quaternary nitrogens is 2. The van der Waals surface area contributed by atoms with Crippen molar-refractivity contribution in [2.24, 2.45) is 0 Å². The second-order valence-corrected chi connectivity index (χ2v) is 4.69. The zero-order valence-electron chi connectivity index (χ0n) is 9.79. The zero-order valence-corrected chi connectivity index (χ0v) is 9.79. The summed E-state index contributed by atoms with van der Waals surface area (Å²) >= 11 is 0. The van der Waals surface area contributed by atoms with Gasteiger partial charge in [0.1, 0.15) is 32.7 Å². The summed E-state index contributed by atoms with van der Waals surface area (Å²) in [5, 5.41) is 8.72. The molecule has 0 atom stereocenters. The summed E-state index contributed by atoms with van der Waals surface area (Å²) < 4.78 is 0. The van der Waals surface area contributed by atoms with Gasteiger partial charge in [-0.3, -0.25) is 0 Å². The van der Waals surface area contributed by atoms with E-state index in [9.17, 15) is 0 Å². The molecule has 0 radical (unpaired) electrons. The van der Waals surface area contributed by atoms with Gasteiger partial charge in [0, 0.05) is 5.56 Å². The highest BCUT2D eigenvalue weighted by atomic mass is 15.2. The van der Waals surface area contributed by atoms with Crippen molar-refractivity contribution in [3.05, 3.63) is 35.4 Å². The average Bonchev–Trinajstić information content (AvgIpc) is 2.33. The molecule has 0 aliphatic carbocycles. The molecule has 1 saturated heterocycles. The molecule has 16 heavy (non-hydrogen) atoms. The van der Waals surface area contributed by atoms with Gasteiger partial charge in [-0.1, -0.05) is 12.1 Å². The molecule has 1 aromatic rings. The smallest absolute Gasteiger partial charge is 0.127 e. The Morgan fingerprint density at radius 1 is 1.12 bits per heavy atom. The van der Waals surface area contributed by atoms with Crippen LogP contribution in [0.15, 0.2) is 24.3 Å². The van der Waals surface area contributed by atoms with Gasteiger partial charge < -0.3 is 9.80 Å². The Balaban J connectivity index is 1.91. The summed E-state index contributed by atoms with van der Waals surface area (Å²) in [5.41, 5.74) is 2.09. The summed E-state index contributed by atoms with van der Waals surface area (Å²) in [7, 11) is 2.26. The highest BCUT2D eigenvalue weighted by Gasteiger charge is 2.19. The van der Waals surface area contributed by atoms with Gasteiger partial charge in [-0.05, 0) is 12.1 Å². The van der Waals surface area contributed by atoms with Crippen molar-refractivity contribution in [2.45, 2.75) is 6.54 Å². The van der Waals surface area contributed by atoms with Gasteiger partial charge >= 0.3 is 0 Å². The maximum atomic E-state index is 8.72. The highest BCUT2D eigenvalue weighted by molar-refractivity contribution is 5.31. The van der Waals surface area contributed by atoms with Gasteiger partial charge in [0.15, 0.2) is 0 Å². The van der Waals surface area contributed by atoms with E-state index in [1.165, 1.54) is 31.7 Å². The molecule has 1 heterocycles. The molecule has 3 nitrogen and oxygen atoms in total. The molecule has 1 aliphatic heterocycles. The first-order chi connectivity index (χ1) is 7.78. The minimum absolute atomic E-state index is 0.751. The van der Waals surface area contributed by atoms with Crippen molar-refractivity contribution in [3.8, 4) is 6.07 Å². The highest BCUT2D eigenvalue weighted by Crippen LogP contribution is 2.01. The van der Waals surface area contributed by atoms with Crippen molar-refractivity contribution in [3.63, 3.8) is 0 Å². The van der Waals surface area contributed by atoms with Crippen molar-refractivity contribution in [2.75, 3.05) is 33.2 Å². The van der Waals surface area contributed by atoms with Gasteiger partial charge in [0.2, 0.25) is 0 Å². The average molecular weight is 217 g/mol. The summed E-state index contributed by atoms with van der Waals surface area (Å²) in [6.07, 6.45) is 0. The van der Waals surface area contributed by atoms with Gasteiger partial charge in [0.25, 0.3) is 0 Å². The van der Waals surface area contributed by atoms with Crippen LogP contribution in [0.1, 0.15) is 11.1 Å². The number of benzene rings is 1. The Labute approximate surface area is 96.9 Å². The topological polar surface area (TPSA) is 32.7 Å². The van der Waals surface area contributed by atoms with Gasteiger partial charge in [0.05, 0.1) is 18.7 Å². The molecule has 2 rings (SSSR count). The normalized spacial score (nSPS) is 25.0. The molecule has 0 unspecified atom stereocenters. The molecule has 0 amide bonds. The first-order valence-corrected chi connectivity index (χ1v) is 5.92. The first kappa shape index (κ1) is 11.1. The van der Waals surface area contributed by atoms with E-state index < -0.39 is 0 Å². The van der Waals surface area contributed by atoms with Crippen LogP contribution in [0.3, 0.4) is 0 Å². The fraction of sp³-hybridized carbons (Fsp3) is 0.462. The number of nitriles is 1. The first-order valence-electron chi connectivity index (χ1n) is 5.92. The quantitative estimate of drug-likeness (QED) is 0.619. The number of hydrogen-bond donors (Lipinski definition) is 2. The Hall–Kier alpha value is -1.37. The number of nitrogens with one attached hydrogen (secondary N) is 2. The number of hydrogen-bond acceptors (Lipinski definition) is 1. The molecular formula is C13H19N3+2. The van der Waals surface area contributed by atoms with E-state index in [-0.39, 0.29) is 0 Å². The van der Waals surface area contributed by atoms with Crippen molar-refractivity contribution in [1.82, 2.24) is 0 Å². The largest absolute Gasteiger partial charge is 0.328 e. The molecular weight excluding hydrogens is 198 g/mol. The summed E-state index contributed by atoms with van der Waals surface area (Å²) in [5.74, 6) is 0. The lowest BCUT2D eigenvalue weighted by Crippen LogP contribution is -3.26. The summed E-state index contributed by atoms with van der Waals surface area (Å²) in [6.45, 7) is 6.15. The van der Waals surface area contributed by atoms with E-state index in [4.69, 9.17) is 5.26 Å². The van der Waals surface area contributed by atoms with Crippen LogP contribution >= 0.6 is 0 Å². The SMILES string of the molecule is C[NH+]1CC[NH+](Cc2ccc(C#N)cc2)CC1. The third-order valence-electron chi connectivity index (χ3n) is 3.35.